The highest BCUT2D eigenvalue weighted by Gasteiger charge is 2.16. The lowest BCUT2D eigenvalue weighted by molar-refractivity contribution is -0.384. The molecule has 3 aromatic rings. The van der Waals surface area contributed by atoms with E-state index in [0.29, 0.717) is 11.3 Å². The van der Waals surface area contributed by atoms with Gasteiger partial charge in [-0.05, 0) is 34.9 Å². The van der Waals surface area contributed by atoms with Gasteiger partial charge in [-0.25, -0.2) is 0 Å². The van der Waals surface area contributed by atoms with Gasteiger partial charge in [-0.15, -0.1) is 0 Å². The Labute approximate surface area is 201 Å². The first-order chi connectivity index (χ1) is 14.5. The van der Waals surface area contributed by atoms with Crippen molar-refractivity contribution >= 4 is 62.5 Å². The first-order valence-electron chi connectivity index (χ1n) is 9.02. The van der Waals surface area contributed by atoms with Crippen molar-refractivity contribution in [1.82, 2.24) is 0 Å². The molecule has 0 radical (unpaired) electrons. The van der Waals surface area contributed by atoms with Crippen LogP contribution in [0.3, 0.4) is 0 Å². The van der Waals surface area contributed by atoms with Gasteiger partial charge in [0.2, 0.25) is 0 Å². The highest BCUT2D eigenvalue weighted by atomic mass is 127. The van der Waals surface area contributed by atoms with E-state index in [1.807, 2.05) is 42.5 Å². The maximum absolute atomic E-state index is 12.8. The predicted octanol–water partition coefficient (Wildman–Crippen LogP) is 6.30. The van der Waals surface area contributed by atoms with Crippen molar-refractivity contribution < 1.29 is 14.5 Å². The van der Waals surface area contributed by atoms with Gasteiger partial charge in [0.05, 0.1) is 16.7 Å². The number of hydrogen-bond donors (Lipinski definition) is 1. The number of ether oxygens (including phenoxy) is 1. The Morgan fingerprint density at radius 3 is 2.37 bits per heavy atom. The molecule has 0 aromatic heterocycles. The molecule has 6 nitrogen and oxygen atoms in total. The Morgan fingerprint density at radius 2 is 1.70 bits per heavy atom. The number of amides is 1. The van der Waals surface area contributed by atoms with Crippen molar-refractivity contribution in [3.05, 3.63) is 99.1 Å². The number of carbonyl (C=O) groups excluding carboxylic acids is 1. The number of hydrogen-bond acceptors (Lipinski definition) is 4. The van der Waals surface area contributed by atoms with Gasteiger partial charge in [0.1, 0.15) is 12.4 Å². The molecule has 8 heteroatoms. The SMILES string of the molecule is O=C(Nc1ccc([N+](=O)[O-])cc1OCc1ccccc1)c1ccc(CI)c(CI)c1. The Morgan fingerprint density at radius 1 is 0.967 bits per heavy atom. The molecule has 0 atom stereocenters. The van der Waals surface area contributed by atoms with Gasteiger partial charge in [0.25, 0.3) is 11.6 Å². The number of nitrogens with one attached hydrogen (secondary N) is 1. The van der Waals surface area contributed by atoms with Crippen LogP contribution in [0.25, 0.3) is 0 Å². The minimum atomic E-state index is -0.490. The number of rotatable bonds is 8. The summed E-state index contributed by atoms with van der Waals surface area (Å²) in [6, 6.07) is 19.3. The van der Waals surface area contributed by atoms with E-state index >= 15 is 0 Å². The van der Waals surface area contributed by atoms with Crippen molar-refractivity contribution in [2.24, 2.45) is 0 Å². The molecule has 0 saturated carbocycles. The van der Waals surface area contributed by atoms with Crippen molar-refractivity contribution in [2.75, 3.05) is 5.32 Å². The summed E-state index contributed by atoms with van der Waals surface area (Å²) in [4.78, 5) is 23.5. The van der Waals surface area contributed by atoms with E-state index in [1.165, 1.54) is 23.8 Å². The second kappa shape index (κ2) is 10.7. The number of nitrogens with zero attached hydrogens (tertiary/aromatic N) is 1. The average Bonchev–Trinajstić information content (AvgIpc) is 2.78. The Kier molecular flexibility index (Phi) is 8.02. The molecule has 3 aromatic carbocycles. The standard InChI is InChI=1S/C22H18I2N2O4/c23-12-17-7-6-16(10-18(17)13-24)22(27)25-20-9-8-19(26(28)29)11-21(20)30-14-15-4-2-1-3-5-15/h1-11H,12-14H2,(H,25,27). The van der Waals surface area contributed by atoms with E-state index in [1.54, 1.807) is 6.07 Å². The fourth-order valence-corrected chi connectivity index (χ4v) is 4.25. The van der Waals surface area contributed by atoms with E-state index in [2.05, 4.69) is 50.5 Å². The maximum atomic E-state index is 12.8. The minimum Gasteiger partial charge on any atom is -0.486 e. The van der Waals surface area contributed by atoms with Gasteiger partial charge in [-0.3, -0.25) is 14.9 Å². The first-order valence-corrected chi connectivity index (χ1v) is 12.1. The normalized spacial score (nSPS) is 10.5. The molecule has 30 heavy (non-hydrogen) atoms. The topological polar surface area (TPSA) is 81.5 Å². The highest BCUT2D eigenvalue weighted by Crippen LogP contribution is 2.31. The smallest absolute Gasteiger partial charge is 0.273 e. The molecule has 0 bridgehead atoms. The maximum Gasteiger partial charge on any atom is 0.273 e. The first kappa shape index (κ1) is 22.5. The molecule has 0 aliphatic rings. The minimum absolute atomic E-state index is 0.102. The molecule has 0 aliphatic carbocycles. The van der Waals surface area contributed by atoms with Crippen LogP contribution in [0, 0.1) is 10.1 Å². The molecule has 3 rings (SSSR count). The summed E-state index contributed by atoms with van der Waals surface area (Å²) >= 11 is 4.58. The van der Waals surface area contributed by atoms with Crippen LogP contribution in [0.5, 0.6) is 5.75 Å². The van der Waals surface area contributed by atoms with Crippen LogP contribution in [0.1, 0.15) is 27.0 Å². The summed E-state index contributed by atoms with van der Waals surface area (Å²) in [5, 5.41) is 14.0. The summed E-state index contributed by atoms with van der Waals surface area (Å²) in [6.45, 7) is 0.230. The fourth-order valence-electron chi connectivity index (χ4n) is 2.80. The number of nitro groups is 1. The molecule has 0 fully saturated rings. The van der Waals surface area contributed by atoms with Gasteiger partial charge in [0.15, 0.2) is 0 Å². The van der Waals surface area contributed by atoms with Crippen molar-refractivity contribution in [3.8, 4) is 5.75 Å². The van der Waals surface area contributed by atoms with E-state index < -0.39 is 4.92 Å². The lowest BCUT2D eigenvalue weighted by Gasteiger charge is -2.13. The fraction of sp³-hybridized carbons (Fsp3) is 0.136. The second-order valence-electron chi connectivity index (χ2n) is 6.42. The van der Waals surface area contributed by atoms with E-state index in [4.69, 9.17) is 4.74 Å². The van der Waals surface area contributed by atoms with Crippen LogP contribution >= 0.6 is 45.2 Å². The van der Waals surface area contributed by atoms with Crippen molar-refractivity contribution in [1.29, 1.82) is 0 Å². The van der Waals surface area contributed by atoms with E-state index in [0.717, 1.165) is 20.0 Å². The number of anilines is 1. The van der Waals surface area contributed by atoms with Crippen LogP contribution in [-0.2, 0) is 15.5 Å². The van der Waals surface area contributed by atoms with Gasteiger partial charge in [-0.2, -0.15) is 0 Å². The molecule has 1 amide bonds. The second-order valence-corrected chi connectivity index (χ2v) is 7.94. The van der Waals surface area contributed by atoms with Gasteiger partial charge < -0.3 is 10.1 Å². The molecule has 0 unspecified atom stereocenters. The third-order valence-electron chi connectivity index (χ3n) is 4.42. The Hall–Kier alpha value is -2.21. The Bertz CT molecular complexity index is 1060. The van der Waals surface area contributed by atoms with Crippen molar-refractivity contribution in [2.45, 2.75) is 15.5 Å². The third kappa shape index (κ3) is 5.69. The quantitative estimate of drug-likeness (QED) is 0.138. The molecular weight excluding hydrogens is 610 g/mol. The number of nitro benzene ring substituents is 1. The zero-order valence-corrected chi connectivity index (χ0v) is 20.1. The third-order valence-corrected chi connectivity index (χ3v) is 6.06. The van der Waals surface area contributed by atoms with Crippen LogP contribution in [-0.4, -0.2) is 10.8 Å². The lowest BCUT2D eigenvalue weighted by atomic mass is 10.1. The number of benzene rings is 3. The van der Waals surface area contributed by atoms with Crippen LogP contribution in [0.2, 0.25) is 0 Å². The monoisotopic (exact) mass is 628 g/mol. The number of halogens is 2. The van der Waals surface area contributed by atoms with Gasteiger partial charge in [0, 0.05) is 20.5 Å². The number of alkyl halides is 2. The largest absolute Gasteiger partial charge is 0.486 e. The van der Waals surface area contributed by atoms with Crippen molar-refractivity contribution in [3.63, 3.8) is 0 Å². The van der Waals surface area contributed by atoms with E-state index in [9.17, 15) is 14.9 Å². The number of non-ortho nitro benzene ring substituents is 1. The predicted molar refractivity (Wildman–Crippen MR) is 134 cm³/mol. The van der Waals surface area contributed by atoms with Crippen LogP contribution in [0.15, 0.2) is 66.7 Å². The molecule has 0 spiro atoms. The molecule has 1 N–H and O–H groups in total. The molecular formula is C22H18I2N2O4. The van der Waals surface area contributed by atoms with Crippen LogP contribution in [0.4, 0.5) is 11.4 Å². The van der Waals surface area contributed by atoms with E-state index in [-0.39, 0.29) is 24.0 Å². The molecule has 0 aliphatic heterocycles. The molecule has 0 saturated heterocycles. The average molecular weight is 628 g/mol. The summed E-state index contributed by atoms with van der Waals surface area (Å²) in [5.74, 6) is -0.0427. The lowest BCUT2D eigenvalue weighted by Crippen LogP contribution is -2.13. The van der Waals surface area contributed by atoms with Gasteiger partial charge >= 0.3 is 0 Å². The van der Waals surface area contributed by atoms with Crippen LogP contribution < -0.4 is 10.1 Å². The molecule has 0 heterocycles. The Balaban J connectivity index is 1.85. The zero-order chi connectivity index (χ0) is 21.5. The number of carbonyl (C=O) groups is 1. The molecule has 154 valence electrons. The summed E-state index contributed by atoms with van der Waals surface area (Å²) < 4.78 is 7.49. The summed E-state index contributed by atoms with van der Waals surface area (Å²) in [5.41, 5.74) is 4.04. The highest BCUT2D eigenvalue weighted by molar-refractivity contribution is 14.1. The summed E-state index contributed by atoms with van der Waals surface area (Å²) in [6.07, 6.45) is 0. The zero-order valence-electron chi connectivity index (χ0n) is 15.8. The van der Waals surface area contributed by atoms with Gasteiger partial charge in [-0.1, -0.05) is 81.6 Å². The summed E-state index contributed by atoms with van der Waals surface area (Å²) in [7, 11) is 0.